The number of anilines is 1. The van der Waals surface area contributed by atoms with E-state index in [0.717, 1.165) is 16.9 Å². The minimum absolute atomic E-state index is 0.0969. The molecular weight excluding hydrogens is 379 g/mol. The maximum Gasteiger partial charge on any atom is 0.413 e. The van der Waals surface area contributed by atoms with E-state index in [1.54, 1.807) is 19.1 Å². The molecule has 0 fully saturated rings. The average Bonchev–Trinajstić information content (AvgIpc) is 2.88. The number of thiophene rings is 1. The molecule has 0 saturated heterocycles. The van der Waals surface area contributed by atoms with Crippen LogP contribution in [0.3, 0.4) is 0 Å². The molecule has 9 heteroatoms. The Kier molecular flexibility index (Phi) is 6.76. The summed E-state index contributed by atoms with van der Waals surface area (Å²) >= 11 is 2.50. The molecule has 0 aliphatic rings. The molecule has 26 heavy (non-hydrogen) atoms. The monoisotopic (exact) mass is 396 g/mol. The van der Waals surface area contributed by atoms with Crippen molar-refractivity contribution in [2.75, 3.05) is 18.2 Å². The number of amides is 3. The van der Waals surface area contributed by atoms with Gasteiger partial charge in [0.05, 0.1) is 18.4 Å². The standard InChI is InChI=1S/C17H17FN2O4S2/c1-9-10(2)26-16(14(9)15(22)20-17(23)24-3)19-13(21)8-25-12-6-4-11(18)5-7-12/h4-7H,8H2,1-3H3,(H,19,21)(H,20,22,23). The summed E-state index contributed by atoms with van der Waals surface area (Å²) in [6, 6.07) is 5.81. The van der Waals surface area contributed by atoms with Crippen LogP contribution in [0.1, 0.15) is 20.8 Å². The van der Waals surface area contributed by atoms with Gasteiger partial charge in [-0.3, -0.25) is 14.9 Å². The highest BCUT2D eigenvalue weighted by Crippen LogP contribution is 2.32. The lowest BCUT2D eigenvalue weighted by Crippen LogP contribution is -2.31. The van der Waals surface area contributed by atoms with Crippen molar-refractivity contribution in [1.82, 2.24) is 5.32 Å². The molecule has 6 nitrogen and oxygen atoms in total. The van der Waals surface area contributed by atoms with Crippen molar-refractivity contribution in [2.45, 2.75) is 18.7 Å². The highest BCUT2D eigenvalue weighted by molar-refractivity contribution is 8.00. The van der Waals surface area contributed by atoms with E-state index in [1.807, 2.05) is 6.92 Å². The number of carbonyl (C=O) groups is 3. The van der Waals surface area contributed by atoms with Gasteiger partial charge < -0.3 is 10.1 Å². The number of hydrogen-bond acceptors (Lipinski definition) is 6. The lowest BCUT2D eigenvalue weighted by Gasteiger charge is -2.07. The molecule has 0 saturated carbocycles. The van der Waals surface area contributed by atoms with Gasteiger partial charge in [0.15, 0.2) is 0 Å². The quantitative estimate of drug-likeness (QED) is 0.753. The number of ether oxygens (including phenoxy) is 1. The van der Waals surface area contributed by atoms with E-state index in [0.29, 0.717) is 10.6 Å². The summed E-state index contributed by atoms with van der Waals surface area (Å²) in [6.07, 6.45) is -0.873. The Balaban J connectivity index is 2.07. The van der Waals surface area contributed by atoms with Crippen molar-refractivity contribution < 1.29 is 23.5 Å². The highest BCUT2D eigenvalue weighted by Gasteiger charge is 2.22. The molecule has 0 radical (unpaired) electrons. The Morgan fingerprint density at radius 3 is 2.46 bits per heavy atom. The maximum absolute atomic E-state index is 12.9. The third-order valence-electron chi connectivity index (χ3n) is 3.45. The fourth-order valence-electron chi connectivity index (χ4n) is 2.04. The fraction of sp³-hybridized carbons (Fsp3) is 0.235. The highest BCUT2D eigenvalue weighted by atomic mass is 32.2. The van der Waals surface area contributed by atoms with Gasteiger partial charge in [-0.25, -0.2) is 9.18 Å². The summed E-state index contributed by atoms with van der Waals surface area (Å²) in [5, 5.41) is 5.16. The first kappa shape index (κ1) is 19.9. The van der Waals surface area contributed by atoms with Crippen LogP contribution in [0.15, 0.2) is 29.2 Å². The number of thioether (sulfide) groups is 1. The van der Waals surface area contributed by atoms with Gasteiger partial charge in [0.2, 0.25) is 5.91 Å². The number of methoxy groups -OCH3 is 1. The van der Waals surface area contributed by atoms with Crippen LogP contribution < -0.4 is 10.6 Å². The number of rotatable bonds is 5. The molecule has 0 atom stereocenters. The Bertz CT molecular complexity index is 834. The van der Waals surface area contributed by atoms with Gasteiger partial charge in [-0.15, -0.1) is 23.1 Å². The molecule has 0 spiro atoms. The number of aryl methyl sites for hydroxylation is 1. The van der Waals surface area contributed by atoms with Crippen LogP contribution in [0.2, 0.25) is 0 Å². The number of benzene rings is 1. The van der Waals surface area contributed by atoms with E-state index in [1.165, 1.54) is 35.2 Å². The molecule has 1 aromatic carbocycles. The van der Waals surface area contributed by atoms with E-state index in [2.05, 4.69) is 15.4 Å². The third kappa shape index (κ3) is 5.06. The zero-order valence-electron chi connectivity index (χ0n) is 14.3. The van der Waals surface area contributed by atoms with Gasteiger partial charge in [-0.2, -0.15) is 0 Å². The van der Waals surface area contributed by atoms with Crippen molar-refractivity contribution in [2.24, 2.45) is 0 Å². The number of halogens is 1. The van der Waals surface area contributed by atoms with Crippen LogP contribution in [-0.4, -0.2) is 30.8 Å². The van der Waals surface area contributed by atoms with E-state index in [4.69, 9.17) is 0 Å². The second kappa shape index (κ2) is 8.81. The van der Waals surface area contributed by atoms with Gasteiger partial charge in [0.25, 0.3) is 5.91 Å². The lowest BCUT2D eigenvalue weighted by molar-refractivity contribution is -0.113. The summed E-state index contributed by atoms with van der Waals surface area (Å²) in [4.78, 5) is 37.3. The first-order valence-electron chi connectivity index (χ1n) is 7.49. The summed E-state index contributed by atoms with van der Waals surface area (Å²) in [5.41, 5.74) is 0.913. The molecule has 1 aromatic heterocycles. The third-order valence-corrected chi connectivity index (χ3v) is 5.58. The smallest absolute Gasteiger partial charge is 0.413 e. The average molecular weight is 396 g/mol. The van der Waals surface area contributed by atoms with E-state index >= 15 is 0 Å². The van der Waals surface area contributed by atoms with Gasteiger partial charge in [-0.1, -0.05) is 0 Å². The molecule has 3 amide bonds. The maximum atomic E-state index is 12.9. The van der Waals surface area contributed by atoms with Gasteiger partial charge in [0.1, 0.15) is 10.8 Å². The second-order valence-electron chi connectivity index (χ2n) is 5.22. The van der Waals surface area contributed by atoms with Crippen LogP contribution in [0.5, 0.6) is 0 Å². The number of imide groups is 1. The molecule has 2 N–H and O–H groups in total. The fourth-order valence-corrected chi connectivity index (χ4v) is 3.81. The van der Waals surface area contributed by atoms with Crippen LogP contribution in [0.4, 0.5) is 14.2 Å². The second-order valence-corrected chi connectivity index (χ2v) is 7.50. The van der Waals surface area contributed by atoms with Crippen molar-refractivity contribution in [3.05, 3.63) is 46.1 Å². The zero-order chi connectivity index (χ0) is 19.3. The number of hydrogen-bond donors (Lipinski definition) is 2. The molecule has 138 valence electrons. The molecule has 0 aliphatic carbocycles. The van der Waals surface area contributed by atoms with Crippen LogP contribution in [0.25, 0.3) is 0 Å². The first-order valence-corrected chi connectivity index (χ1v) is 9.29. The molecule has 0 aliphatic heterocycles. The van der Waals surface area contributed by atoms with Crippen molar-refractivity contribution in [3.8, 4) is 0 Å². The minimum atomic E-state index is -0.873. The Labute approximate surface area is 158 Å². The van der Waals surface area contributed by atoms with Crippen molar-refractivity contribution >= 4 is 46.0 Å². The molecular formula is C17H17FN2O4S2. The van der Waals surface area contributed by atoms with E-state index in [9.17, 15) is 18.8 Å². The topological polar surface area (TPSA) is 84.5 Å². The van der Waals surface area contributed by atoms with Crippen molar-refractivity contribution in [3.63, 3.8) is 0 Å². The van der Waals surface area contributed by atoms with Gasteiger partial charge >= 0.3 is 6.09 Å². The summed E-state index contributed by atoms with van der Waals surface area (Å²) < 4.78 is 17.3. The molecule has 0 bridgehead atoms. The summed E-state index contributed by atoms with van der Waals surface area (Å²) in [5.74, 6) is -1.20. The van der Waals surface area contributed by atoms with Crippen LogP contribution in [-0.2, 0) is 9.53 Å². The van der Waals surface area contributed by atoms with Crippen molar-refractivity contribution in [1.29, 1.82) is 0 Å². The lowest BCUT2D eigenvalue weighted by atomic mass is 10.1. The zero-order valence-corrected chi connectivity index (χ0v) is 16.0. The summed E-state index contributed by atoms with van der Waals surface area (Å²) in [6.45, 7) is 3.55. The molecule has 2 aromatic rings. The van der Waals surface area contributed by atoms with Crippen LogP contribution >= 0.6 is 23.1 Å². The predicted molar refractivity (Wildman–Crippen MR) is 99.4 cm³/mol. The summed E-state index contributed by atoms with van der Waals surface area (Å²) in [7, 11) is 1.16. The Morgan fingerprint density at radius 1 is 1.19 bits per heavy atom. The molecule has 0 unspecified atom stereocenters. The normalized spacial score (nSPS) is 10.3. The SMILES string of the molecule is COC(=O)NC(=O)c1c(NC(=O)CSc2ccc(F)cc2)sc(C)c1C. The number of carbonyl (C=O) groups excluding carboxylic acids is 3. The Hall–Kier alpha value is -2.39. The van der Waals surface area contributed by atoms with E-state index in [-0.39, 0.29) is 23.0 Å². The predicted octanol–water partition coefficient (Wildman–Crippen LogP) is 3.73. The largest absolute Gasteiger partial charge is 0.453 e. The van der Waals surface area contributed by atoms with Gasteiger partial charge in [0, 0.05) is 9.77 Å². The molecule has 2 rings (SSSR count). The number of nitrogens with one attached hydrogen (secondary N) is 2. The van der Waals surface area contributed by atoms with E-state index < -0.39 is 12.0 Å². The van der Waals surface area contributed by atoms with Gasteiger partial charge in [-0.05, 0) is 43.7 Å². The molecule has 1 heterocycles. The Morgan fingerprint density at radius 2 is 1.85 bits per heavy atom. The number of alkyl carbamates (subject to hydrolysis) is 1. The minimum Gasteiger partial charge on any atom is -0.453 e. The van der Waals surface area contributed by atoms with Crippen LogP contribution in [0, 0.1) is 19.7 Å². The first-order chi connectivity index (χ1) is 12.3.